The van der Waals surface area contributed by atoms with E-state index in [9.17, 15) is 9.90 Å². The Hall–Kier alpha value is -1.44. The van der Waals surface area contributed by atoms with E-state index in [1.807, 2.05) is 6.92 Å². The number of amides is 1. The Balaban J connectivity index is 1.94. The summed E-state index contributed by atoms with van der Waals surface area (Å²) in [6.07, 6.45) is 0.247. The zero-order valence-electron chi connectivity index (χ0n) is 12.1. The topological polar surface area (TPSA) is 78.3 Å². The van der Waals surface area contributed by atoms with Crippen LogP contribution in [0.4, 0.5) is 0 Å². The van der Waals surface area contributed by atoms with Crippen molar-refractivity contribution in [1.29, 1.82) is 0 Å². The lowest BCUT2D eigenvalue weighted by Gasteiger charge is -2.21. The van der Waals surface area contributed by atoms with E-state index >= 15 is 0 Å². The fourth-order valence-electron chi connectivity index (χ4n) is 1.90. The van der Waals surface area contributed by atoms with Gasteiger partial charge in [-0.15, -0.1) is 11.3 Å². The number of H-pyrrole nitrogens is 1. The number of nitrogens with one attached hydrogen (secondary N) is 2. The van der Waals surface area contributed by atoms with Crippen molar-refractivity contribution < 1.29 is 14.3 Å². The van der Waals surface area contributed by atoms with E-state index < -0.39 is 5.60 Å². The standard InChI is InChI=1S/C14H18N2O3S2/c1-8-4-5-11(19-8)14(3,18)7-15-12(17)6-10-9(2)16-13(20)21-10/h4-5,18H,6-7H2,1-3H3,(H,15,17)(H,16,20). The molecule has 2 heterocycles. The number of aliphatic hydroxyl groups is 1. The van der Waals surface area contributed by atoms with Crippen LogP contribution < -0.4 is 5.32 Å². The molecule has 2 aromatic heterocycles. The van der Waals surface area contributed by atoms with E-state index in [1.54, 1.807) is 26.0 Å². The maximum absolute atomic E-state index is 12.0. The average molecular weight is 326 g/mol. The molecular formula is C14H18N2O3S2. The van der Waals surface area contributed by atoms with Crippen LogP contribution in [0.1, 0.15) is 29.0 Å². The zero-order chi connectivity index (χ0) is 15.6. The number of aryl methyl sites for hydroxylation is 2. The second-order valence-corrected chi connectivity index (χ2v) is 6.97. The van der Waals surface area contributed by atoms with Crippen LogP contribution in [0.2, 0.25) is 0 Å². The normalized spacial score (nSPS) is 13.9. The predicted molar refractivity (Wildman–Crippen MR) is 84.0 cm³/mol. The number of thiazole rings is 1. The number of hydrogen-bond acceptors (Lipinski definition) is 5. The Morgan fingerprint density at radius 1 is 1.52 bits per heavy atom. The first-order valence-electron chi connectivity index (χ1n) is 6.52. The molecule has 0 radical (unpaired) electrons. The third kappa shape index (κ3) is 4.03. The Morgan fingerprint density at radius 3 is 2.76 bits per heavy atom. The van der Waals surface area contributed by atoms with Gasteiger partial charge in [0.1, 0.15) is 17.1 Å². The first kappa shape index (κ1) is 15.9. The second-order valence-electron chi connectivity index (χ2n) is 5.20. The maximum Gasteiger partial charge on any atom is 0.225 e. The molecule has 7 heteroatoms. The minimum Gasteiger partial charge on any atom is -0.463 e. The van der Waals surface area contributed by atoms with Gasteiger partial charge >= 0.3 is 0 Å². The molecule has 0 saturated heterocycles. The van der Waals surface area contributed by atoms with Gasteiger partial charge in [-0.3, -0.25) is 4.79 Å². The number of aromatic nitrogens is 1. The molecule has 0 aliphatic carbocycles. The van der Waals surface area contributed by atoms with E-state index in [2.05, 4.69) is 10.3 Å². The molecule has 1 atom stereocenters. The van der Waals surface area contributed by atoms with E-state index in [0.717, 1.165) is 16.3 Å². The molecular weight excluding hydrogens is 308 g/mol. The van der Waals surface area contributed by atoms with Crippen LogP contribution in [-0.2, 0) is 16.8 Å². The Kier molecular flexibility index (Phi) is 4.65. The summed E-state index contributed by atoms with van der Waals surface area (Å²) in [4.78, 5) is 15.9. The van der Waals surface area contributed by atoms with Crippen molar-refractivity contribution in [1.82, 2.24) is 10.3 Å². The van der Waals surface area contributed by atoms with Gasteiger partial charge in [-0.05, 0) is 45.1 Å². The molecule has 2 rings (SSSR count). The number of carbonyl (C=O) groups excluding carboxylic acids is 1. The van der Waals surface area contributed by atoms with Gasteiger partial charge in [0.05, 0.1) is 13.0 Å². The quantitative estimate of drug-likeness (QED) is 0.738. The lowest BCUT2D eigenvalue weighted by molar-refractivity contribution is -0.121. The summed E-state index contributed by atoms with van der Waals surface area (Å²) >= 11 is 6.44. The number of furan rings is 1. The molecule has 0 bridgehead atoms. The molecule has 0 saturated carbocycles. The molecule has 1 amide bonds. The number of carbonyl (C=O) groups is 1. The van der Waals surface area contributed by atoms with Gasteiger partial charge in [0.2, 0.25) is 5.91 Å². The molecule has 5 nitrogen and oxygen atoms in total. The number of rotatable bonds is 5. The third-order valence-electron chi connectivity index (χ3n) is 3.15. The van der Waals surface area contributed by atoms with E-state index in [1.165, 1.54) is 11.3 Å². The monoisotopic (exact) mass is 326 g/mol. The summed E-state index contributed by atoms with van der Waals surface area (Å²) in [6.45, 7) is 5.39. The Morgan fingerprint density at radius 2 is 2.24 bits per heavy atom. The largest absolute Gasteiger partial charge is 0.463 e. The van der Waals surface area contributed by atoms with Gasteiger partial charge in [-0.25, -0.2) is 0 Å². The molecule has 21 heavy (non-hydrogen) atoms. The molecule has 0 spiro atoms. The van der Waals surface area contributed by atoms with Crippen molar-refractivity contribution in [2.24, 2.45) is 0 Å². The van der Waals surface area contributed by atoms with Gasteiger partial charge in [-0.2, -0.15) is 0 Å². The summed E-state index contributed by atoms with van der Waals surface area (Å²) in [5.41, 5.74) is -0.322. The molecule has 0 aliphatic heterocycles. The minimum absolute atomic E-state index is 0.0909. The zero-order valence-corrected chi connectivity index (χ0v) is 13.8. The summed E-state index contributed by atoms with van der Waals surface area (Å²) in [6, 6.07) is 3.49. The average Bonchev–Trinajstić information content (AvgIpc) is 2.94. The summed E-state index contributed by atoms with van der Waals surface area (Å²) in [5, 5.41) is 13.1. The fourth-order valence-corrected chi connectivity index (χ4v) is 3.19. The first-order chi connectivity index (χ1) is 9.78. The smallest absolute Gasteiger partial charge is 0.225 e. The van der Waals surface area contributed by atoms with Crippen molar-refractivity contribution >= 4 is 29.5 Å². The van der Waals surface area contributed by atoms with Gasteiger partial charge in [0.15, 0.2) is 3.95 Å². The van der Waals surface area contributed by atoms with E-state index in [0.29, 0.717) is 9.71 Å². The van der Waals surface area contributed by atoms with Crippen LogP contribution >= 0.6 is 23.6 Å². The lowest BCUT2D eigenvalue weighted by Crippen LogP contribution is -2.39. The highest BCUT2D eigenvalue weighted by atomic mass is 32.1. The van der Waals surface area contributed by atoms with E-state index in [4.69, 9.17) is 16.6 Å². The Labute approximate surface area is 132 Å². The van der Waals surface area contributed by atoms with Crippen LogP contribution in [-0.4, -0.2) is 22.5 Å². The molecule has 2 aromatic rings. The number of aromatic amines is 1. The van der Waals surface area contributed by atoms with E-state index in [-0.39, 0.29) is 18.9 Å². The highest BCUT2D eigenvalue weighted by Gasteiger charge is 2.27. The summed E-state index contributed by atoms with van der Waals surface area (Å²) in [7, 11) is 0. The Bertz CT molecular complexity index is 697. The van der Waals surface area contributed by atoms with Crippen molar-refractivity contribution in [3.05, 3.63) is 38.2 Å². The van der Waals surface area contributed by atoms with Crippen LogP contribution in [0.25, 0.3) is 0 Å². The number of hydrogen-bond donors (Lipinski definition) is 3. The molecule has 114 valence electrons. The van der Waals surface area contributed by atoms with Crippen LogP contribution in [0.3, 0.4) is 0 Å². The minimum atomic E-state index is -1.23. The van der Waals surface area contributed by atoms with Crippen LogP contribution in [0, 0.1) is 17.8 Å². The highest BCUT2D eigenvalue weighted by Crippen LogP contribution is 2.22. The fraction of sp³-hybridized carbons (Fsp3) is 0.429. The summed E-state index contributed by atoms with van der Waals surface area (Å²) < 4.78 is 6.06. The molecule has 0 aromatic carbocycles. The van der Waals surface area contributed by atoms with Crippen LogP contribution in [0.5, 0.6) is 0 Å². The van der Waals surface area contributed by atoms with Gasteiger partial charge < -0.3 is 19.8 Å². The summed E-state index contributed by atoms with van der Waals surface area (Å²) in [5.74, 6) is 1.00. The van der Waals surface area contributed by atoms with Crippen molar-refractivity contribution in [3.8, 4) is 0 Å². The van der Waals surface area contributed by atoms with Crippen LogP contribution in [0.15, 0.2) is 16.5 Å². The second kappa shape index (κ2) is 6.13. The van der Waals surface area contributed by atoms with Gasteiger partial charge in [0.25, 0.3) is 0 Å². The third-order valence-corrected chi connectivity index (χ3v) is 4.48. The van der Waals surface area contributed by atoms with Crippen molar-refractivity contribution in [3.63, 3.8) is 0 Å². The maximum atomic E-state index is 12.0. The molecule has 1 unspecified atom stereocenters. The highest BCUT2D eigenvalue weighted by molar-refractivity contribution is 7.73. The van der Waals surface area contributed by atoms with Gasteiger partial charge in [0, 0.05) is 10.6 Å². The first-order valence-corrected chi connectivity index (χ1v) is 7.75. The SMILES string of the molecule is Cc1ccc(C(C)(O)CNC(=O)Cc2sc(=S)[nH]c2C)o1. The molecule has 0 fully saturated rings. The molecule has 0 aliphatic rings. The lowest BCUT2D eigenvalue weighted by atomic mass is 10.0. The predicted octanol–water partition coefficient (Wildman–Crippen LogP) is 2.58. The van der Waals surface area contributed by atoms with Crippen molar-refractivity contribution in [2.75, 3.05) is 6.54 Å². The van der Waals surface area contributed by atoms with Crippen molar-refractivity contribution in [2.45, 2.75) is 32.8 Å². The van der Waals surface area contributed by atoms with Gasteiger partial charge in [-0.1, -0.05) is 0 Å². The molecule has 3 N–H and O–H groups in total.